The van der Waals surface area contributed by atoms with Crippen LogP contribution < -0.4 is 27.4 Å². The molecule has 0 bridgehead atoms. The quantitative estimate of drug-likeness (QED) is 0.137. The molecule has 0 radical (unpaired) electrons. The van der Waals surface area contributed by atoms with E-state index in [0.29, 0.717) is 5.75 Å². The van der Waals surface area contributed by atoms with Crippen LogP contribution in [0.15, 0.2) is 0 Å². The van der Waals surface area contributed by atoms with Gasteiger partial charge in [0.25, 0.3) is 0 Å². The second-order valence-electron chi connectivity index (χ2n) is 7.39. The topological polar surface area (TPSA) is 194 Å². The Labute approximate surface area is 191 Å². The Morgan fingerprint density at radius 2 is 1.48 bits per heavy atom. The fourth-order valence-corrected chi connectivity index (χ4v) is 3.25. The predicted molar refractivity (Wildman–Crippen MR) is 122 cm³/mol. The number of nitrogens with two attached hydrogens (primary N) is 2. The molecule has 0 spiro atoms. The van der Waals surface area contributed by atoms with Crippen LogP contribution in [0, 0.1) is 5.92 Å². The van der Waals surface area contributed by atoms with Gasteiger partial charge in [0.1, 0.15) is 18.1 Å². The number of carbonyl (C=O) groups excluding carboxylic acids is 4. The van der Waals surface area contributed by atoms with E-state index in [9.17, 15) is 29.1 Å². The number of rotatable bonds is 15. The standard InChI is InChI=1S/C18H33N5O6S2/c1-9(2)6-12(16(26)21-11(18(28)29)4-5-31-3)22-17(27)13(8-30)23-15(25)10(19)7-14(20)24/h9-13,30H,4-8,19H2,1-3H3,(H2,20,24)(H,21,26)(H,22,27)(H,23,25)(H,28,29). The second kappa shape index (κ2) is 14.9. The minimum atomic E-state index is -1.23. The van der Waals surface area contributed by atoms with Gasteiger partial charge in [-0.2, -0.15) is 24.4 Å². The lowest BCUT2D eigenvalue weighted by Crippen LogP contribution is -2.58. The molecule has 0 heterocycles. The maximum atomic E-state index is 12.7. The zero-order chi connectivity index (χ0) is 24.1. The lowest BCUT2D eigenvalue weighted by Gasteiger charge is -2.25. The highest BCUT2D eigenvalue weighted by Gasteiger charge is 2.30. The molecule has 8 N–H and O–H groups in total. The molecule has 178 valence electrons. The molecular formula is C18H33N5O6S2. The molecule has 13 heteroatoms. The first kappa shape index (κ1) is 29.0. The van der Waals surface area contributed by atoms with Crippen molar-refractivity contribution in [2.75, 3.05) is 17.8 Å². The summed E-state index contributed by atoms with van der Waals surface area (Å²) in [5, 5.41) is 16.7. The van der Waals surface area contributed by atoms with Gasteiger partial charge in [-0.15, -0.1) is 0 Å². The summed E-state index contributed by atoms with van der Waals surface area (Å²) in [5.41, 5.74) is 10.6. The van der Waals surface area contributed by atoms with Crippen molar-refractivity contribution in [3.8, 4) is 0 Å². The van der Waals surface area contributed by atoms with Crippen LogP contribution in [0.3, 0.4) is 0 Å². The second-order valence-corrected chi connectivity index (χ2v) is 8.74. The van der Waals surface area contributed by atoms with E-state index >= 15 is 0 Å². The average Bonchev–Trinajstić information content (AvgIpc) is 2.66. The summed E-state index contributed by atoms with van der Waals surface area (Å²) in [6, 6.07) is -4.44. The molecule has 0 saturated heterocycles. The van der Waals surface area contributed by atoms with Crippen molar-refractivity contribution in [2.45, 2.75) is 57.3 Å². The van der Waals surface area contributed by atoms with Crippen LogP contribution >= 0.6 is 24.4 Å². The summed E-state index contributed by atoms with van der Waals surface area (Å²) in [4.78, 5) is 59.7. The fraction of sp³-hybridized carbons (Fsp3) is 0.722. The highest BCUT2D eigenvalue weighted by Crippen LogP contribution is 2.08. The van der Waals surface area contributed by atoms with Crippen molar-refractivity contribution >= 4 is 54.0 Å². The van der Waals surface area contributed by atoms with Gasteiger partial charge in [0.2, 0.25) is 23.6 Å². The van der Waals surface area contributed by atoms with Gasteiger partial charge < -0.3 is 32.5 Å². The van der Waals surface area contributed by atoms with Crippen LogP contribution in [0.4, 0.5) is 0 Å². The minimum absolute atomic E-state index is 0.0126. The van der Waals surface area contributed by atoms with Crippen LogP contribution in [0.2, 0.25) is 0 Å². The molecule has 0 aliphatic rings. The predicted octanol–water partition coefficient (Wildman–Crippen LogP) is -1.54. The van der Waals surface area contributed by atoms with Crippen LogP contribution in [-0.2, 0) is 24.0 Å². The van der Waals surface area contributed by atoms with Gasteiger partial charge in [-0.1, -0.05) is 13.8 Å². The number of hydrogen-bond acceptors (Lipinski definition) is 8. The molecule has 0 aromatic carbocycles. The molecule has 0 saturated carbocycles. The first-order valence-corrected chi connectivity index (χ1v) is 11.7. The molecule has 11 nitrogen and oxygen atoms in total. The number of amides is 4. The van der Waals surface area contributed by atoms with E-state index in [-0.39, 0.29) is 24.5 Å². The third-order valence-electron chi connectivity index (χ3n) is 4.14. The third-order valence-corrected chi connectivity index (χ3v) is 5.15. The summed E-state index contributed by atoms with van der Waals surface area (Å²) >= 11 is 5.49. The fourth-order valence-electron chi connectivity index (χ4n) is 2.52. The molecule has 0 fully saturated rings. The van der Waals surface area contributed by atoms with Crippen molar-refractivity contribution in [3.63, 3.8) is 0 Å². The molecule has 0 aliphatic heterocycles. The maximum Gasteiger partial charge on any atom is 0.326 e. The number of thioether (sulfide) groups is 1. The Morgan fingerprint density at radius 1 is 0.968 bits per heavy atom. The molecular weight excluding hydrogens is 446 g/mol. The lowest BCUT2D eigenvalue weighted by molar-refractivity contribution is -0.142. The zero-order valence-corrected chi connectivity index (χ0v) is 19.6. The molecule has 0 aromatic heterocycles. The third kappa shape index (κ3) is 11.8. The normalized spacial score (nSPS) is 14.8. The highest BCUT2D eigenvalue weighted by molar-refractivity contribution is 7.98. The number of aliphatic carboxylic acids is 1. The van der Waals surface area contributed by atoms with Crippen molar-refractivity contribution in [1.29, 1.82) is 0 Å². The van der Waals surface area contributed by atoms with Gasteiger partial charge in [0, 0.05) is 5.75 Å². The first-order valence-electron chi connectivity index (χ1n) is 9.70. The monoisotopic (exact) mass is 479 g/mol. The van der Waals surface area contributed by atoms with Crippen LogP contribution in [0.5, 0.6) is 0 Å². The van der Waals surface area contributed by atoms with E-state index in [1.54, 1.807) is 0 Å². The number of primary amides is 1. The molecule has 4 amide bonds. The van der Waals surface area contributed by atoms with E-state index in [0.717, 1.165) is 0 Å². The van der Waals surface area contributed by atoms with Gasteiger partial charge in [0.15, 0.2) is 0 Å². The molecule has 0 aliphatic carbocycles. The highest BCUT2D eigenvalue weighted by atomic mass is 32.2. The molecule has 0 aromatic rings. The molecule has 4 unspecified atom stereocenters. The average molecular weight is 480 g/mol. The Morgan fingerprint density at radius 3 is 1.94 bits per heavy atom. The number of thiol groups is 1. The number of carboxylic acid groups (broad SMARTS) is 1. The summed E-state index contributed by atoms with van der Waals surface area (Å²) in [5.74, 6) is -3.56. The van der Waals surface area contributed by atoms with E-state index in [1.807, 2.05) is 20.1 Å². The maximum absolute atomic E-state index is 12.7. The Kier molecular flexibility index (Phi) is 14.0. The van der Waals surface area contributed by atoms with E-state index < -0.39 is 60.2 Å². The summed E-state index contributed by atoms with van der Waals surface area (Å²) in [6.07, 6.45) is 1.92. The summed E-state index contributed by atoms with van der Waals surface area (Å²) in [7, 11) is 0. The number of carboxylic acids is 1. The van der Waals surface area contributed by atoms with Gasteiger partial charge >= 0.3 is 5.97 Å². The van der Waals surface area contributed by atoms with Crippen LogP contribution in [-0.4, -0.2) is 76.6 Å². The molecule has 4 atom stereocenters. The van der Waals surface area contributed by atoms with Crippen molar-refractivity contribution in [3.05, 3.63) is 0 Å². The SMILES string of the molecule is CSCCC(NC(=O)C(CC(C)C)NC(=O)C(CS)NC(=O)C(N)CC(N)=O)C(=O)O. The Balaban J connectivity index is 5.23. The van der Waals surface area contributed by atoms with Gasteiger partial charge in [-0.3, -0.25) is 19.2 Å². The van der Waals surface area contributed by atoms with Gasteiger partial charge in [-0.05, 0) is 30.8 Å². The lowest BCUT2D eigenvalue weighted by atomic mass is 10.0. The Bertz CT molecular complexity index is 649. The van der Waals surface area contributed by atoms with Crippen molar-refractivity contribution in [2.24, 2.45) is 17.4 Å². The van der Waals surface area contributed by atoms with Crippen LogP contribution in [0.25, 0.3) is 0 Å². The van der Waals surface area contributed by atoms with Gasteiger partial charge in [-0.25, -0.2) is 4.79 Å². The largest absolute Gasteiger partial charge is 0.480 e. The van der Waals surface area contributed by atoms with E-state index in [1.165, 1.54) is 11.8 Å². The number of nitrogens with one attached hydrogen (secondary N) is 3. The molecule has 31 heavy (non-hydrogen) atoms. The van der Waals surface area contributed by atoms with E-state index in [2.05, 4.69) is 28.6 Å². The Hall–Kier alpha value is -1.99. The number of carbonyl (C=O) groups is 5. The van der Waals surface area contributed by atoms with Crippen LogP contribution in [0.1, 0.15) is 33.1 Å². The van der Waals surface area contributed by atoms with Crippen molar-refractivity contribution < 1.29 is 29.1 Å². The molecule has 0 rings (SSSR count). The van der Waals surface area contributed by atoms with Crippen molar-refractivity contribution in [1.82, 2.24) is 16.0 Å². The van der Waals surface area contributed by atoms with Gasteiger partial charge in [0.05, 0.1) is 12.5 Å². The minimum Gasteiger partial charge on any atom is -0.480 e. The smallest absolute Gasteiger partial charge is 0.326 e. The van der Waals surface area contributed by atoms with E-state index in [4.69, 9.17) is 11.5 Å². The zero-order valence-electron chi connectivity index (χ0n) is 17.9. The summed E-state index contributed by atoms with van der Waals surface area (Å²) in [6.45, 7) is 3.69. The first-order chi connectivity index (χ1) is 14.4. The number of hydrogen-bond donors (Lipinski definition) is 7. The summed E-state index contributed by atoms with van der Waals surface area (Å²) < 4.78 is 0.